The third-order valence-electron chi connectivity index (χ3n) is 4.96. The molecule has 0 aliphatic heterocycles. The minimum absolute atomic E-state index is 0.657. The summed E-state index contributed by atoms with van der Waals surface area (Å²) in [7, 11) is 0. The minimum Gasteiger partial charge on any atom is -0.469 e. The van der Waals surface area contributed by atoms with Gasteiger partial charge in [0.05, 0.1) is 6.26 Å². The van der Waals surface area contributed by atoms with Crippen LogP contribution in [0.4, 0.5) is 0 Å². The first-order valence-electron chi connectivity index (χ1n) is 7.96. The quantitative estimate of drug-likeness (QED) is 0.829. The topological polar surface area (TPSA) is 25.2 Å². The fourth-order valence-electron chi connectivity index (χ4n) is 3.47. The molecule has 4 atom stereocenters. The fourth-order valence-corrected chi connectivity index (χ4v) is 3.47. The van der Waals surface area contributed by atoms with Gasteiger partial charge < -0.3 is 9.73 Å². The molecule has 0 aromatic carbocycles. The van der Waals surface area contributed by atoms with Crippen LogP contribution in [0.2, 0.25) is 0 Å². The van der Waals surface area contributed by atoms with Crippen molar-refractivity contribution in [2.45, 2.75) is 58.9 Å². The maximum atomic E-state index is 5.46. The first-order chi connectivity index (χ1) is 9.20. The molecule has 1 N–H and O–H groups in total. The monoisotopic (exact) mass is 263 g/mol. The van der Waals surface area contributed by atoms with Gasteiger partial charge in [0.2, 0.25) is 0 Å². The van der Waals surface area contributed by atoms with Crippen LogP contribution in [0.1, 0.15) is 52.2 Å². The minimum atomic E-state index is 0.657. The van der Waals surface area contributed by atoms with Gasteiger partial charge in [-0.1, -0.05) is 27.2 Å². The second-order valence-electron chi connectivity index (χ2n) is 6.31. The van der Waals surface area contributed by atoms with Gasteiger partial charge in [-0.05, 0) is 55.7 Å². The predicted molar refractivity (Wildman–Crippen MR) is 80.2 cm³/mol. The molecule has 2 rings (SSSR count). The van der Waals surface area contributed by atoms with E-state index in [0.29, 0.717) is 6.04 Å². The van der Waals surface area contributed by atoms with Crippen LogP contribution in [0, 0.1) is 17.8 Å². The molecule has 1 aliphatic rings. The van der Waals surface area contributed by atoms with Crippen LogP contribution in [-0.2, 0) is 6.42 Å². The van der Waals surface area contributed by atoms with E-state index in [-0.39, 0.29) is 0 Å². The van der Waals surface area contributed by atoms with Crippen LogP contribution < -0.4 is 5.32 Å². The summed E-state index contributed by atoms with van der Waals surface area (Å²) in [6, 6.07) is 4.74. The first-order valence-corrected chi connectivity index (χ1v) is 7.96. The number of furan rings is 1. The molecule has 1 heterocycles. The molecule has 19 heavy (non-hydrogen) atoms. The zero-order valence-corrected chi connectivity index (χ0v) is 12.7. The molecule has 0 saturated heterocycles. The van der Waals surface area contributed by atoms with Crippen molar-refractivity contribution in [2.75, 3.05) is 6.54 Å². The number of nitrogens with one attached hydrogen (secondary N) is 1. The molecule has 2 nitrogen and oxygen atoms in total. The second kappa shape index (κ2) is 7.14. The van der Waals surface area contributed by atoms with Crippen molar-refractivity contribution in [3.05, 3.63) is 24.2 Å². The molecule has 4 unspecified atom stereocenters. The normalized spacial score (nSPS) is 29.3. The Morgan fingerprint density at radius 1 is 1.32 bits per heavy atom. The average molecular weight is 263 g/mol. The van der Waals surface area contributed by atoms with E-state index in [0.717, 1.165) is 36.5 Å². The summed E-state index contributed by atoms with van der Waals surface area (Å²) >= 11 is 0. The zero-order valence-electron chi connectivity index (χ0n) is 12.7. The first kappa shape index (κ1) is 14.6. The van der Waals surface area contributed by atoms with Crippen molar-refractivity contribution < 1.29 is 4.42 Å². The molecule has 1 saturated carbocycles. The molecule has 1 aliphatic carbocycles. The molecule has 108 valence electrons. The molecular formula is C17H29NO. The van der Waals surface area contributed by atoms with Crippen molar-refractivity contribution in [1.82, 2.24) is 5.32 Å². The van der Waals surface area contributed by atoms with E-state index in [1.54, 1.807) is 6.26 Å². The fraction of sp³-hybridized carbons (Fsp3) is 0.765. The number of rotatable bonds is 6. The Balaban J connectivity index is 1.88. The van der Waals surface area contributed by atoms with Crippen LogP contribution in [0.3, 0.4) is 0 Å². The number of hydrogen-bond donors (Lipinski definition) is 1. The summed E-state index contributed by atoms with van der Waals surface area (Å²) in [6.45, 7) is 8.12. The Morgan fingerprint density at radius 3 is 2.79 bits per heavy atom. The Morgan fingerprint density at radius 2 is 2.16 bits per heavy atom. The van der Waals surface area contributed by atoms with Gasteiger partial charge in [0.1, 0.15) is 5.76 Å². The summed E-state index contributed by atoms with van der Waals surface area (Å²) < 4.78 is 5.46. The van der Waals surface area contributed by atoms with Gasteiger partial charge in [0, 0.05) is 12.5 Å². The summed E-state index contributed by atoms with van der Waals surface area (Å²) in [6.07, 6.45) is 8.22. The lowest BCUT2D eigenvalue weighted by molar-refractivity contribution is 0.166. The highest BCUT2D eigenvalue weighted by molar-refractivity contribution is 4.99. The van der Waals surface area contributed by atoms with Crippen molar-refractivity contribution in [1.29, 1.82) is 0 Å². The van der Waals surface area contributed by atoms with E-state index in [4.69, 9.17) is 4.42 Å². The van der Waals surface area contributed by atoms with E-state index < -0.39 is 0 Å². The van der Waals surface area contributed by atoms with Crippen molar-refractivity contribution in [3.63, 3.8) is 0 Å². The second-order valence-corrected chi connectivity index (χ2v) is 6.31. The molecule has 2 heteroatoms. The maximum Gasteiger partial charge on any atom is 0.103 e. The van der Waals surface area contributed by atoms with E-state index in [1.165, 1.54) is 25.7 Å². The largest absolute Gasteiger partial charge is 0.469 e. The molecule has 1 aromatic heterocycles. The summed E-state index contributed by atoms with van der Waals surface area (Å²) in [5.74, 6) is 3.76. The molecule has 0 bridgehead atoms. The maximum absolute atomic E-state index is 5.46. The summed E-state index contributed by atoms with van der Waals surface area (Å²) in [4.78, 5) is 0. The standard InChI is InChI=1S/C17H29NO/c1-4-18-17(10-9-16-6-5-11-19-16)15-8-7-13(2)14(3)12-15/h5-6,11,13-15,17-18H,4,7-10,12H2,1-3H3. The van der Waals surface area contributed by atoms with E-state index >= 15 is 0 Å². The van der Waals surface area contributed by atoms with Crippen LogP contribution in [0.5, 0.6) is 0 Å². The van der Waals surface area contributed by atoms with Crippen LogP contribution in [-0.4, -0.2) is 12.6 Å². The van der Waals surface area contributed by atoms with Crippen molar-refractivity contribution in [2.24, 2.45) is 17.8 Å². The lowest BCUT2D eigenvalue weighted by atomic mass is 9.72. The Hall–Kier alpha value is -0.760. The lowest BCUT2D eigenvalue weighted by Crippen LogP contribution is -2.40. The Bertz CT molecular complexity index is 346. The van der Waals surface area contributed by atoms with Gasteiger partial charge in [-0.15, -0.1) is 0 Å². The molecule has 0 radical (unpaired) electrons. The Labute approximate surface area is 118 Å². The van der Waals surface area contributed by atoms with Gasteiger partial charge in [-0.3, -0.25) is 0 Å². The smallest absolute Gasteiger partial charge is 0.103 e. The highest BCUT2D eigenvalue weighted by atomic mass is 16.3. The summed E-state index contributed by atoms with van der Waals surface area (Å²) in [5.41, 5.74) is 0. The SMILES string of the molecule is CCNC(CCc1ccco1)C1CCC(C)C(C)C1. The van der Waals surface area contributed by atoms with Crippen LogP contribution in [0.15, 0.2) is 22.8 Å². The van der Waals surface area contributed by atoms with Crippen molar-refractivity contribution in [3.8, 4) is 0 Å². The van der Waals surface area contributed by atoms with Gasteiger partial charge in [-0.25, -0.2) is 0 Å². The van der Waals surface area contributed by atoms with Crippen LogP contribution in [0.25, 0.3) is 0 Å². The van der Waals surface area contributed by atoms with E-state index in [2.05, 4.69) is 32.2 Å². The average Bonchev–Trinajstić information content (AvgIpc) is 2.91. The molecule has 0 amide bonds. The summed E-state index contributed by atoms with van der Waals surface area (Å²) in [5, 5.41) is 3.71. The molecular weight excluding hydrogens is 234 g/mol. The van der Waals surface area contributed by atoms with Gasteiger partial charge >= 0.3 is 0 Å². The number of aryl methyl sites for hydroxylation is 1. The third-order valence-corrected chi connectivity index (χ3v) is 4.96. The van der Waals surface area contributed by atoms with Gasteiger partial charge in [0.25, 0.3) is 0 Å². The highest BCUT2D eigenvalue weighted by Crippen LogP contribution is 2.36. The molecule has 0 spiro atoms. The van der Waals surface area contributed by atoms with Gasteiger partial charge in [0.15, 0.2) is 0 Å². The molecule has 1 aromatic rings. The van der Waals surface area contributed by atoms with E-state index in [1.807, 2.05) is 6.07 Å². The zero-order chi connectivity index (χ0) is 13.7. The lowest BCUT2D eigenvalue weighted by Gasteiger charge is -2.37. The van der Waals surface area contributed by atoms with E-state index in [9.17, 15) is 0 Å². The number of hydrogen-bond acceptors (Lipinski definition) is 2. The predicted octanol–water partition coefficient (Wildman–Crippen LogP) is 4.26. The van der Waals surface area contributed by atoms with Crippen LogP contribution >= 0.6 is 0 Å². The van der Waals surface area contributed by atoms with Gasteiger partial charge in [-0.2, -0.15) is 0 Å². The molecule has 1 fully saturated rings. The Kier molecular flexibility index (Phi) is 5.50. The van der Waals surface area contributed by atoms with Crippen molar-refractivity contribution >= 4 is 0 Å². The highest BCUT2D eigenvalue weighted by Gasteiger charge is 2.29. The third kappa shape index (κ3) is 4.10.